The van der Waals surface area contributed by atoms with Gasteiger partial charge in [-0.2, -0.15) is 13.2 Å². The molecule has 2 aromatic rings. The normalized spacial score (nSPS) is 13.3. The summed E-state index contributed by atoms with van der Waals surface area (Å²) in [5, 5.41) is 8.99. The van der Waals surface area contributed by atoms with E-state index in [4.69, 9.17) is 16.7 Å². The van der Waals surface area contributed by atoms with E-state index in [9.17, 15) is 17.6 Å². The molecule has 8 heteroatoms. The Labute approximate surface area is 115 Å². The molecule has 0 aromatic carbocycles. The topological polar surface area (TPSA) is 46.0 Å². The molecule has 3 nitrogen and oxygen atoms in total. The molecule has 0 aliphatic heterocycles. The lowest BCUT2D eigenvalue weighted by Crippen LogP contribution is -2.20. The molecule has 0 fully saturated rings. The van der Waals surface area contributed by atoms with E-state index in [1.807, 2.05) is 0 Å². The Morgan fingerprint density at radius 3 is 2.35 bits per heavy atom. The molecule has 106 valence electrons. The van der Waals surface area contributed by atoms with E-state index in [1.54, 1.807) is 0 Å². The number of aliphatic hydroxyl groups is 1. The molecule has 1 atom stereocenters. The Kier molecular flexibility index (Phi) is 3.92. The molecule has 20 heavy (non-hydrogen) atoms. The van der Waals surface area contributed by atoms with E-state index < -0.39 is 23.7 Å². The first kappa shape index (κ1) is 14.7. The lowest BCUT2D eigenvalue weighted by atomic mass is 10.1. The van der Waals surface area contributed by atoms with Crippen LogP contribution in [0.3, 0.4) is 0 Å². The average Bonchev–Trinajstić information content (AvgIpc) is 2.37. The van der Waals surface area contributed by atoms with Gasteiger partial charge in [-0.1, -0.05) is 17.7 Å². The Morgan fingerprint density at radius 2 is 1.85 bits per heavy atom. The van der Waals surface area contributed by atoms with Crippen LogP contribution in [-0.4, -0.2) is 21.3 Å². The van der Waals surface area contributed by atoms with Gasteiger partial charge < -0.3 is 5.11 Å². The van der Waals surface area contributed by atoms with E-state index >= 15 is 0 Å². The summed E-state index contributed by atoms with van der Waals surface area (Å²) in [4.78, 5) is 7.36. The van der Waals surface area contributed by atoms with Crippen molar-refractivity contribution in [3.63, 3.8) is 0 Å². The van der Waals surface area contributed by atoms with Gasteiger partial charge in [0.1, 0.15) is 11.0 Å². The minimum absolute atomic E-state index is 0.00227. The molecular weight excluding hydrogens is 300 g/mol. The molecule has 2 heterocycles. The fourth-order valence-electron chi connectivity index (χ4n) is 1.51. The van der Waals surface area contributed by atoms with Crippen LogP contribution >= 0.6 is 11.6 Å². The first-order valence-corrected chi connectivity index (χ1v) is 5.69. The predicted molar refractivity (Wildman–Crippen MR) is 63.5 cm³/mol. The molecule has 2 aromatic heterocycles. The maximum absolute atomic E-state index is 13.6. The first-order valence-electron chi connectivity index (χ1n) is 5.31. The fourth-order valence-corrected chi connectivity index (χ4v) is 1.66. The number of halogens is 5. The molecule has 2 rings (SSSR count). The maximum Gasteiger partial charge on any atom is 0.418 e. The SMILES string of the molecule is OC(c1ccc(-c2cnc(Cl)cc2F)nc1)C(F)(F)F. The smallest absolute Gasteiger partial charge is 0.379 e. The Bertz CT molecular complexity index is 616. The lowest BCUT2D eigenvalue weighted by Gasteiger charge is -2.14. The lowest BCUT2D eigenvalue weighted by molar-refractivity contribution is -0.206. The standard InChI is InChI=1S/C12H7ClF4N2O/c13-10-3-8(14)7(5-19-10)9-2-1-6(4-18-9)11(20)12(15,16)17/h1-5,11,20H. The highest BCUT2D eigenvalue weighted by Gasteiger charge is 2.39. The summed E-state index contributed by atoms with van der Waals surface area (Å²) in [6.07, 6.45) is -5.45. The van der Waals surface area contributed by atoms with Crippen LogP contribution in [-0.2, 0) is 0 Å². The van der Waals surface area contributed by atoms with E-state index in [1.165, 1.54) is 0 Å². The third-order valence-electron chi connectivity index (χ3n) is 2.51. The zero-order valence-corrected chi connectivity index (χ0v) is 10.5. The van der Waals surface area contributed by atoms with Gasteiger partial charge in [0.25, 0.3) is 0 Å². The summed E-state index contributed by atoms with van der Waals surface area (Å²) in [6.45, 7) is 0. The Balaban J connectivity index is 2.33. The highest BCUT2D eigenvalue weighted by molar-refractivity contribution is 6.29. The highest BCUT2D eigenvalue weighted by Crippen LogP contribution is 2.32. The largest absolute Gasteiger partial charge is 0.418 e. The van der Waals surface area contributed by atoms with E-state index in [-0.39, 0.29) is 16.4 Å². The highest BCUT2D eigenvalue weighted by atomic mass is 35.5. The van der Waals surface area contributed by atoms with Gasteiger partial charge in [-0.25, -0.2) is 9.37 Å². The zero-order chi connectivity index (χ0) is 14.9. The van der Waals surface area contributed by atoms with Crippen LogP contribution in [0.2, 0.25) is 5.15 Å². The van der Waals surface area contributed by atoms with Crippen molar-refractivity contribution in [3.8, 4) is 11.3 Å². The number of nitrogens with zero attached hydrogens (tertiary/aromatic N) is 2. The summed E-state index contributed by atoms with van der Waals surface area (Å²) in [6, 6.07) is 3.16. The molecule has 0 spiro atoms. The van der Waals surface area contributed by atoms with Crippen LogP contribution in [0.4, 0.5) is 17.6 Å². The fraction of sp³-hybridized carbons (Fsp3) is 0.167. The predicted octanol–water partition coefficient (Wildman–Crippen LogP) is 3.53. The molecule has 0 amide bonds. The second-order valence-corrected chi connectivity index (χ2v) is 4.30. The summed E-state index contributed by atoms with van der Waals surface area (Å²) in [7, 11) is 0. The first-order chi connectivity index (χ1) is 9.29. The molecule has 0 saturated carbocycles. The van der Waals surface area contributed by atoms with Gasteiger partial charge in [-0.3, -0.25) is 4.98 Å². The number of rotatable bonds is 2. The number of hydrogen-bond donors (Lipinski definition) is 1. The molecular formula is C12H7ClF4N2O. The van der Waals surface area contributed by atoms with Gasteiger partial charge in [-0.15, -0.1) is 0 Å². The summed E-state index contributed by atoms with van der Waals surface area (Å²) < 4.78 is 50.5. The number of aromatic nitrogens is 2. The van der Waals surface area contributed by atoms with Crippen molar-refractivity contribution in [2.45, 2.75) is 12.3 Å². The Hall–Kier alpha value is -1.73. The average molecular weight is 307 g/mol. The Morgan fingerprint density at radius 1 is 1.15 bits per heavy atom. The van der Waals surface area contributed by atoms with Gasteiger partial charge in [0, 0.05) is 24.0 Å². The number of alkyl halides is 3. The van der Waals surface area contributed by atoms with Gasteiger partial charge >= 0.3 is 6.18 Å². The van der Waals surface area contributed by atoms with Crippen LogP contribution in [0.25, 0.3) is 11.3 Å². The van der Waals surface area contributed by atoms with Crippen molar-refractivity contribution in [2.75, 3.05) is 0 Å². The van der Waals surface area contributed by atoms with Crippen molar-refractivity contribution in [2.24, 2.45) is 0 Å². The summed E-state index contributed by atoms with van der Waals surface area (Å²) in [5.74, 6) is -0.693. The molecule has 0 saturated heterocycles. The third kappa shape index (κ3) is 3.05. The second-order valence-electron chi connectivity index (χ2n) is 3.91. The van der Waals surface area contributed by atoms with Crippen LogP contribution in [0.5, 0.6) is 0 Å². The summed E-state index contributed by atoms with van der Waals surface area (Å²) >= 11 is 5.49. The molecule has 0 bridgehead atoms. The number of aliphatic hydroxyl groups excluding tert-OH is 1. The maximum atomic E-state index is 13.6. The van der Waals surface area contributed by atoms with Crippen LogP contribution in [0.1, 0.15) is 11.7 Å². The minimum atomic E-state index is -4.78. The molecule has 0 aliphatic carbocycles. The zero-order valence-electron chi connectivity index (χ0n) is 9.70. The summed E-state index contributed by atoms with van der Waals surface area (Å²) in [5.41, 5.74) is -0.337. The third-order valence-corrected chi connectivity index (χ3v) is 2.71. The van der Waals surface area contributed by atoms with Crippen LogP contribution in [0.15, 0.2) is 30.6 Å². The quantitative estimate of drug-likeness (QED) is 0.682. The van der Waals surface area contributed by atoms with Gasteiger partial charge in [0.15, 0.2) is 6.10 Å². The molecule has 1 N–H and O–H groups in total. The number of hydrogen-bond acceptors (Lipinski definition) is 3. The minimum Gasteiger partial charge on any atom is -0.379 e. The van der Waals surface area contributed by atoms with Gasteiger partial charge in [0.2, 0.25) is 0 Å². The second kappa shape index (κ2) is 5.34. The van der Waals surface area contributed by atoms with Crippen LogP contribution in [0, 0.1) is 5.82 Å². The monoisotopic (exact) mass is 306 g/mol. The van der Waals surface area contributed by atoms with E-state index in [0.29, 0.717) is 0 Å². The van der Waals surface area contributed by atoms with Crippen molar-refractivity contribution in [3.05, 3.63) is 47.1 Å². The van der Waals surface area contributed by atoms with Crippen molar-refractivity contribution >= 4 is 11.6 Å². The van der Waals surface area contributed by atoms with Crippen molar-refractivity contribution in [1.82, 2.24) is 9.97 Å². The van der Waals surface area contributed by atoms with Crippen molar-refractivity contribution in [1.29, 1.82) is 0 Å². The van der Waals surface area contributed by atoms with Gasteiger partial charge in [-0.05, 0) is 6.07 Å². The van der Waals surface area contributed by atoms with Crippen LogP contribution < -0.4 is 0 Å². The molecule has 0 radical (unpaired) electrons. The van der Waals surface area contributed by atoms with E-state index in [2.05, 4.69) is 9.97 Å². The van der Waals surface area contributed by atoms with Gasteiger partial charge in [0.05, 0.1) is 11.3 Å². The van der Waals surface area contributed by atoms with E-state index in [0.717, 1.165) is 30.6 Å². The number of pyridine rings is 2. The molecule has 1 unspecified atom stereocenters. The van der Waals surface area contributed by atoms with Crippen molar-refractivity contribution < 1.29 is 22.7 Å². The molecule has 0 aliphatic rings.